The summed E-state index contributed by atoms with van der Waals surface area (Å²) in [5, 5.41) is 7.81. The molecule has 3 aromatic rings. The number of ether oxygens (including phenoxy) is 1. The maximum absolute atomic E-state index is 12.8. The Morgan fingerprint density at radius 2 is 1.91 bits per heavy atom. The Balaban J connectivity index is 1.78. The summed E-state index contributed by atoms with van der Waals surface area (Å²) in [4.78, 5) is 44.4. The Hall–Kier alpha value is -3.08. The predicted octanol–water partition coefficient (Wildman–Crippen LogP) is 4.01. The van der Waals surface area contributed by atoms with Gasteiger partial charge in [0.1, 0.15) is 5.00 Å². The van der Waals surface area contributed by atoms with E-state index >= 15 is 0 Å². The summed E-state index contributed by atoms with van der Waals surface area (Å²) in [6.07, 6.45) is 0. The molecule has 0 fully saturated rings. The molecule has 0 unspecified atom stereocenters. The molecule has 0 saturated carbocycles. The monoisotopic (exact) mass is 472 g/mol. The van der Waals surface area contributed by atoms with Crippen LogP contribution < -0.4 is 10.6 Å². The van der Waals surface area contributed by atoms with E-state index in [1.165, 1.54) is 11.3 Å². The van der Waals surface area contributed by atoms with Crippen LogP contribution in [0.15, 0.2) is 41.2 Å². The number of aromatic nitrogens is 1. The number of thiazole rings is 1. The number of thiophene rings is 1. The molecule has 10 heteroatoms. The number of hydrogen-bond acceptors (Lipinski definition) is 8. The Kier molecular flexibility index (Phi) is 8.09. The molecule has 32 heavy (non-hydrogen) atoms. The summed E-state index contributed by atoms with van der Waals surface area (Å²) in [7, 11) is 1.81. The number of nitrogens with zero attached hydrogens (tertiary/aromatic N) is 2. The van der Waals surface area contributed by atoms with Crippen LogP contribution >= 0.6 is 22.7 Å². The van der Waals surface area contributed by atoms with Crippen molar-refractivity contribution in [3.63, 3.8) is 0 Å². The van der Waals surface area contributed by atoms with Gasteiger partial charge in [-0.2, -0.15) is 0 Å². The fraction of sp³-hybridized carbons (Fsp3) is 0.273. The normalized spacial score (nSPS) is 10.8. The maximum atomic E-state index is 12.8. The average molecular weight is 473 g/mol. The van der Waals surface area contributed by atoms with E-state index < -0.39 is 5.97 Å². The van der Waals surface area contributed by atoms with E-state index in [1.54, 1.807) is 31.5 Å². The topological polar surface area (TPSA) is 101 Å². The number of likely N-dealkylation sites (N-methyl/N-ethyl adjacent to an activating group) is 1. The molecule has 0 spiro atoms. The summed E-state index contributed by atoms with van der Waals surface area (Å²) in [5.74, 6) is -1.24. The molecule has 8 nitrogen and oxygen atoms in total. The predicted molar refractivity (Wildman–Crippen MR) is 126 cm³/mol. The highest BCUT2D eigenvalue weighted by atomic mass is 32.1. The molecular weight excluding hydrogens is 448 g/mol. The van der Waals surface area contributed by atoms with Gasteiger partial charge in [-0.15, -0.1) is 22.7 Å². The molecule has 0 saturated heterocycles. The first-order chi connectivity index (χ1) is 15.4. The van der Waals surface area contributed by atoms with Crippen LogP contribution in [-0.4, -0.2) is 47.9 Å². The molecule has 2 heterocycles. The smallest absolute Gasteiger partial charge is 0.341 e. The minimum atomic E-state index is -0.578. The molecule has 168 valence electrons. The van der Waals surface area contributed by atoms with Crippen molar-refractivity contribution in [2.24, 2.45) is 0 Å². The van der Waals surface area contributed by atoms with Crippen LogP contribution in [0.5, 0.6) is 0 Å². The van der Waals surface area contributed by atoms with Crippen molar-refractivity contribution in [2.45, 2.75) is 20.4 Å². The van der Waals surface area contributed by atoms with Crippen LogP contribution in [0.25, 0.3) is 0 Å². The van der Waals surface area contributed by atoms with E-state index in [9.17, 15) is 14.4 Å². The van der Waals surface area contributed by atoms with E-state index in [2.05, 4.69) is 15.6 Å². The Morgan fingerprint density at radius 1 is 1.16 bits per heavy atom. The van der Waals surface area contributed by atoms with Crippen molar-refractivity contribution in [1.29, 1.82) is 0 Å². The second-order valence-electron chi connectivity index (χ2n) is 7.00. The molecule has 2 amide bonds. The lowest BCUT2D eigenvalue weighted by molar-refractivity contribution is -0.117. The molecule has 3 rings (SSSR count). The summed E-state index contributed by atoms with van der Waals surface area (Å²) in [5.41, 5.74) is 3.92. The molecule has 0 aliphatic rings. The number of carbonyl (C=O) groups excluding carboxylic acids is 3. The third-order valence-corrected chi connectivity index (χ3v) is 6.29. The lowest BCUT2D eigenvalue weighted by Gasteiger charge is -2.15. The maximum Gasteiger partial charge on any atom is 0.341 e. The summed E-state index contributed by atoms with van der Waals surface area (Å²) in [6, 6.07) is 9.02. The van der Waals surface area contributed by atoms with E-state index in [1.807, 2.05) is 35.5 Å². The first kappa shape index (κ1) is 23.6. The molecule has 0 bridgehead atoms. The van der Waals surface area contributed by atoms with E-state index in [0.717, 1.165) is 17.0 Å². The van der Waals surface area contributed by atoms with Crippen molar-refractivity contribution in [2.75, 3.05) is 30.8 Å². The fourth-order valence-corrected chi connectivity index (χ4v) is 4.69. The molecule has 2 N–H and O–H groups in total. The fourth-order valence-electron chi connectivity index (χ4n) is 3.04. The quantitative estimate of drug-likeness (QED) is 0.457. The summed E-state index contributed by atoms with van der Waals surface area (Å²) >= 11 is 2.55. The first-order valence-corrected chi connectivity index (χ1v) is 11.7. The minimum absolute atomic E-state index is 0.0995. The zero-order valence-electron chi connectivity index (χ0n) is 18.0. The SMILES string of the molecule is CCOC(=O)c1c(NC(=O)CN(C)Cc2cscn2)sc(C(=O)Nc2ccccc2)c1C. The van der Waals surface area contributed by atoms with E-state index in [4.69, 9.17) is 4.74 Å². The second kappa shape index (κ2) is 11.0. The highest BCUT2D eigenvalue weighted by Gasteiger charge is 2.27. The molecule has 0 aliphatic heterocycles. The average Bonchev–Trinajstić information content (AvgIpc) is 3.36. The van der Waals surface area contributed by atoms with Crippen LogP contribution in [0, 0.1) is 6.92 Å². The third kappa shape index (κ3) is 6.00. The Bertz CT molecular complexity index is 1080. The van der Waals surface area contributed by atoms with Gasteiger partial charge in [-0.1, -0.05) is 18.2 Å². The largest absolute Gasteiger partial charge is 0.462 e. The second-order valence-corrected chi connectivity index (χ2v) is 8.74. The number of nitrogens with one attached hydrogen (secondary N) is 2. The standard InChI is InChI=1S/C22H24N4O4S2/c1-4-30-22(29)18-14(2)19(20(28)24-15-8-6-5-7-9-15)32-21(18)25-17(27)11-26(3)10-16-12-31-13-23-16/h5-9,12-13H,4,10-11H2,1-3H3,(H,24,28)(H,25,27). The number of hydrogen-bond donors (Lipinski definition) is 2. The van der Waals surface area contributed by atoms with Crippen molar-refractivity contribution in [1.82, 2.24) is 9.88 Å². The van der Waals surface area contributed by atoms with Gasteiger partial charge in [-0.05, 0) is 38.6 Å². The Labute approximate surface area is 194 Å². The molecular formula is C22H24N4O4S2. The van der Waals surface area contributed by atoms with Gasteiger partial charge in [0.15, 0.2) is 0 Å². The van der Waals surface area contributed by atoms with Crippen LogP contribution in [0.2, 0.25) is 0 Å². The summed E-state index contributed by atoms with van der Waals surface area (Å²) < 4.78 is 5.16. The molecule has 2 aromatic heterocycles. The number of amides is 2. The zero-order chi connectivity index (χ0) is 23.1. The van der Waals surface area contributed by atoms with Crippen LogP contribution in [0.4, 0.5) is 10.7 Å². The lowest BCUT2D eigenvalue weighted by Crippen LogP contribution is -2.30. The molecule has 1 aromatic carbocycles. The number of anilines is 2. The van der Waals surface area contributed by atoms with E-state index in [-0.39, 0.29) is 30.5 Å². The Morgan fingerprint density at radius 3 is 2.56 bits per heavy atom. The third-order valence-electron chi connectivity index (χ3n) is 4.45. The molecule has 0 atom stereocenters. The van der Waals surface area contributed by atoms with Gasteiger partial charge in [-0.3, -0.25) is 14.5 Å². The highest BCUT2D eigenvalue weighted by molar-refractivity contribution is 7.19. The molecule has 0 radical (unpaired) electrons. The van der Waals surface area contributed by atoms with Crippen molar-refractivity contribution in [3.8, 4) is 0 Å². The zero-order valence-corrected chi connectivity index (χ0v) is 19.6. The number of esters is 1. The molecule has 0 aliphatic carbocycles. The van der Waals surface area contributed by atoms with Gasteiger partial charge in [0, 0.05) is 17.6 Å². The van der Waals surface area contributed by atoms with Crippen LogP contribution in [0.3, 0.4) is 0 Å². The van der Waals surface area contributed by atoms with Gasteiger partial charge in [-0.25, -0.2) is 9.78 Å². The van der Waals surface area contributed by atoms with E-state index in [0.29, 0.717) is 27.7 Å². The first-order valence-electron chi connectivity index (χ1n) is 9.91. The number of rotatable bonds is 9. The lowest BCUT2D eigenvalue weighted by atomic mass is 10.1. The highest BCUT2D eigenvalue weighted by Crippen LogP contribution is 2.34. The summed E-state index contributed by atoms with van der Waals surface area (Å²) in [6.45, 7) is 4.18. The van der Waals surface area contributed by atoms with Gasteiger partial charge < -0.3 is 15.4 Å². The number of carbonyl (C=O) groups is 3. The number of para-hydroxylation sites is 1. The van der Waals surface area contributed by atoms with Gasteiger partial charge >= 0.3 is 5.97 Å². The van der Waals surface area contributed by atoms with Gasteiger partial charge in [0.25, 0.3) is 5.91 Å². The van der Waals surface area contributed by atoms with Crippen LogP contribution in [-0.2, 0) is 16.1 Å². The van der Waals surface area contributed by atoms with Gasteiger partial charge in [0.05, 0.1) is 34.8 Å². The van der Waals surface area contributed by atoms with Crippen molar-refractivity contribution < 1.29 is 19.1 Å². The number of benzene rings is 1. The van der Waals surface area contributed by atoms with Gasteiger partial charge in [0.2, 0.25) is 5.91 Å². The van der Waals surface area contributed by atoms with Crippen LogP contribution in [0.1, 0.15) is 38.2 Å². The van der Waals surface area contributed by atoms with Crippen molar-refractivity contribution >= 4 is 51.1 Å². The van der Waals surface area contributed by atoms with Crippen molar-refractivity contribution in [3.05, 3.63) is 62.9 Å². The minimum Gasteiger partial charge on any atom is -0.462 e.